The third kappa shape index (κ3) is 4.61. The van der Waals surface area contributed by atoms with Crippen molar-refractivity contribution in [1.82, 2.24) is 0 Å². The highest BCUT2D eigenvalue weighted by Gasteiger charge is 2.45. The standard InChI is InChI=1S/C28H26F3N3O2/c1-4-12-36-20-10-8-17(9-11-20)24-21(16-32)26(33)34(19-7-5-6-18(13-19)28(29,30)31)22-14-27(2,3)15-23(35)25(22)24/h4-11,13,24H,1,12,14-15,33H2,2-3H3. The molecule has 2 aliphatic rings. The molecule has 5 nitrogen and oxygen atoms in total. The van der Waals surface area contributed by atoms with Crippen LogP contribution in [0.3, 0.4) is 0 Å². The number of nitrogens with zero attached hydrogens (tertiary/aromatic N) is 2. The van der Waals surface area contributed by atoms with Crippen molar-refractivity contribution < 1.29 is 22.7 Å². The van der Waals surface area contributed by atoms with Crippen LogP contribution in [0.15, 0.2) is 83.9 Å². The molecule has 0 bridgehead atoms. The first-order valence-corrected chi connectivity index (χ1v) is 11.4. The lowest BCUT2D eigenvalue weighted by Crippen LogP contribution is -2.42. The second-order valence-corrected chi connectivity index (χ2v) is 9.70. The SMILES string of the molecule is C=CCOc1ccc(C2C(C#N)=C(N)N(c3cccc(C(F)(F)F)c3)C3=C2C(=O)CC(C)(C)C3)cc1. The Morgan fingerprint density at radius 2 is 1.92 bits per heavy atom. The van der Waals surface area contributed by atoms with Crippen molar-refractivity contribution in [2.24, 2.45) is 11.1 Å². The number of nitriles is 1. The number of carbonyl (C=O) groups excluding carboxylic acids is 1. The molecule has 0 saturated carbocycles. The van der Waals surface area contributed by atoms with Crippen molar-refractivity contribution >= 4 is 11.5 Å². The van der Waals surface area contributed by atoms with Crippen molar-refractivity contribution in [1.29, 1.82) is 5.26 Å². The molecule has 0 radical (unpaired) electrons. The fraction of sp³-hybridized carbons (Fsp3) is 0.286. The highest BCUT2D eigenvalue weighted by molar-refractivity contribution is 6.01. The van der Waals surface area contributed by atoms with Crippen LogP contribution in [0, 0.1) is 16.7 Å². The quantitative estimate of drug-likeness (QED) is 0.501. The number of nitrogens with two attached hydrogens (primary N) is 1. The second kappa shape index (κ2) is 9.23. The van der Waals surface area contributed by atoms with Crippen molar-refractivity contribution in [2.75, 3.05) is 11.5 Å². The summed E-state index contributed by atoms with van der Waals surface area (Å²) in [5.74, 6) is -0.279. The van der Waals surface area contributed by atoms with Crippen LogP contribution in [0.4, 0.5) is 18.9 Å². The molecular weight excluding hydrogens is 467 g/mol. The number of alkyl halides is 3. The Bertz CT molecular complexity index is 1310. The van der Waals surface area contributed by atoms with Crippen LogP contribution in [-0.2, 0) is 11.0 Å². The molecule has 0 aromatic heterocycles. The second-order valence-electron chi connectivity index (χ2n) is 9.70. The predicted octanol–water partition coefficient (Wildman–Crippen LogP) is 6.21. The molecule has 0 spiro atoms. The average molecular weight is 494 g/mol. The van der Waals surface area contributed by atoms with E-state index in [4.69, 9.17) is 10.5 Å². The molecule has 2 aromatic carbocycles. The third-order valence-corrected chi connectivity index (χ3v) is 6.39. The predicted molar refractivity (Wildman–Crippen MR) is 131 cm³/mol. The maximum atomic E-state index is 13.5. The lowest BCUT2D eigenvalue weighted by Gasteiger charge is -2.43. The minimum absolute atomic E-state index is 0.0121. The van der Waals surface area contributed by atoms with Gasteiger partial charge in [0.1, 0.15) is 18.2 Å². The highest BCUT2D eigenvalue weighted by atomic mass is 19.4. The van der Waals surface area contributed by atoms with E-state index in [1.807, 2.05) is 13.8 Å². The van der Waals surface area contributed by atoms with Gasteiger partial charge in [0.05, 0.1) is 23.1 Å². The Morgan fingerprint density at radius 3 is 2.53 bits per heavy atom. The fourth-order valence-corrected chi connectivity index (χ4v) is 4.87. The number of carbonyl (C=O) groups is 1. The summed E-state index contributed by atoms with van der Waals surface area (Å²) >= 11 is 0. The molecule has 1 unspecified atom stereocenters. The summed E-state index contributed by atoms with van der Waals surface area (Å²) in [6.45, 7) is 7.81. The maximum Gasteiger partial charge on any atom is 0.416 e. The van der Waals surface area contributed by atoms with Gasteiger partial charge in [-0.1, -0.05) is 44.7 Å². The van der Waals surface area contributed by atoms with E-state index in [9.17, 15) is 23.2 Å². The first-order chi connectivity index (χ1) is 17.0. The first kappa shape index (κ1) is 25.1. The van der Waals surface area contributed by atoms with Crippen molar-refractivity contribution in [2.45, 2.75) is 38.8 Å². The van der Waals surface area contributed by atoms with Crippen molar-refractivity contribution in [3.8, 4) is 11.8 Å². The van der Waals surface area contributed by atoms with E-state index in [1.54, 1.807) is 30.3 Å². The Morgan fingerprint density at radius 1 is 1.22 bits per heavy atom. The summed E-state index contributed by atoms with van der Waals surface area (Å²) in [5.41, 5.74) is 7.07. The van der Waals surface area contributed by atoms with E-state index in [-0.39, 0.29) is 29.3 Å². The van der Waals surface area contributed by atoms with E-state index in [0.29, 0.717) is 35.6 Å². The summed E-state index contributed by atoms with van der Waals surface area (Å²) in [5, 5.41) is 10.1. The van der Waals surface area contributed by atoms with Crippen LogP contribution in [-0.4, -0.2) is 12.4 Å². The Kier molecular flexibility index (Phi) is 6.44. The smallest absolute Gasteiger partial charge is 0.416 e. The number of Topliss-reactive ketones (excluding diaryl/α,β-unsaturated/α-hetero) is 1. The molecule has 2 N–H and O–H groups in total. The maximum absolute atomic E-state index is 13.5. The Hall–Kier alpha value is -3.99. The van der Waals surface area contributed by atoms with Gasteiger partial charge in [0.15, 0.2) is 5.78 Å². The van der Waals surface area contributed by atoms with Gasteiger partial charge in [-0.3, -0.25) is 9.69 Å². The zero-order valence-electron chi connectivity index (χ0n) is 20.0. The molecule has 1 atom stereocenters. The molecule has 1 aliphatic carbocycles. The molecular formula is C28H26F3N3O2. The lowest BCUT2D eigenvalue weighted by atomic mass is 9.68. The molecule has 0 fully saturated rings. The van der Waals surface area contributed by atoms with E-state index >= 15 is 0 Å². The minimum atomic E-state index is -4.56. The highest BCUT2D eigenvalue weighted by Crippen LogP contribution is 2.50. The number of hydrogen-bond donors (Lipinski definition) is 1. The molecule has 1 aliphatic heterocycles. The first-order valence-electron chi connectivity index (χ1n) is 11.4. The van der Waals surface area contributed by atoms with Gasteiger partial charge in [0, 0.05) is 23.4 Å². The van der Waals surface area contributed by atoms with Gasteiger partial charge >= 0.3 is 6.18 Å². The van der Waals surface area contributed by atoms with E-state index in [1.165, 1.54) is 17.0 Å². The van der Waals surface area contributed by atoms with Crippen molar-refractivity contribution in [3.05, 3.63) is 95.0 Å². The van der Waals surface area contributed by atoms with Gasteiger partial charge in [0.25, 0.3) is 0 Å². The van der Waals surface area contributed by atoms with Crippen LogP contribution >= 0.6 is 0 Å². The fourth-order valence-electron chi connectivity index (χ4n) is 4.87. The molecule has 36 heavy (non-hydrogen) atoms. The number of anilines is 1. The molecule has 0 amide bonds. The van der Waals surface area contributed by atoms with Gasteiger partial charge < -0.3 is 10.5 Å². The minimum Gasteiger partial charge on any atom is -0.490 e. The number of ketones is 1. The average Bonchev–Trinajstić information content (AvgIpc) is 2.81. The number of ether oxygens (including phenoxy) is 1. The largest absolute Gasteiger partial charge is 0.490 e. The summed E-state index contributed by atoms with van der Waals surface area (Å²) in [7, 11) is 0. The Labute approximate surface area is 208 Å². The van der Waals surface area contributed by atoms with E-state index < -0.39 is 23.1 Å². The molecule has 1 heterocycles. The monoisotopic (exact) mass is 493 g/mol. The zero-order chi connectivity index (χ0) is 26.3. The zero-order valence-corrected chi connectivity index (χ0v) is 20.0. The van der Waals surface area contributed by atoms with Crippen LogP contribution in [0.2, 0.25) is 0 Å². The van der Waals surface area contributed by atoms with Crippen LogP contribution in [0.5, 0.6) is 5.75 Å². The van der Waals surface area contributed by atoms with Gasteiger partial charge in [-0.15, -0.1) is 0 Å². The topological polar surface area (TPSA) is 79.3 Å². The van der Waals surface area contributed by atoms with E-state index in [2.05, 4.69) is 12.6 Å². The molecule has 2 aromatic rings. The van der Waals surface area contributed by atoms with Crippen LogP contribution in [0.25, 0.3) is 0 Å². The number of allylic oxidation sites excluding steroid dienone is 3. The van der Waals surface area contributed by atoms with E-state index in [0.717, 1.165) is 12.1 Å². The lowest BCUT2D eigenvalue weighted by molar-refractivity contribution is -0.137. The van der Waals surface area contributed by atoms with Gasteiger partial charge in [-0.25, -0.2) is 0 Å². The van der Waals surface area contributed by atoms with Crippen LogP contribution in [0.1, 0.15) is 43.7 Å². The summed E-state index contributed by atoms with van der Waals surface area (Å²) in [6, 6.07) is 13.9. The molecule has 8 heteroatoms. The van der Waals surface area contributed by atoms with Gasteiger partial charge in [-0.2, -0.15) is 18.4 Å². The Balaban J connectivity index is 1.91. The van der Waals surface area contributed by atoms with Gasteiger partial charge in [-0.05, 0) is 47.7 Å². The molecule has 4 rings (SSSR count). The molecule has 186 valence electrons. The number of benzene rings is 2. The van der Waals surface area contributed by atoms with Crippen molar-refractivity contribution in [3.63, 3.8) is 0 Å². The number of halogens is 3. The summed E-state index contributed by atoms with van der Waals surface area (Å²) < 4.78 is 46.0. The van der Waals surface area contributed by atoms with Gasteiger partial charge in [0.2, 0.25) is 0 Å². The number of rotatable bonds is 5. The molecule has 0 saturated heterocycles. The summed E-state index contributed by atoms with van der Waals surface area (Å²) in [6.07, 6.45) is -2.29. The number of hydrogen-bond acceptors (Lipinski definition) is 5. The van der Waals surface area contributed by atoms with Crippen LogP contribution < -0.4 is 15.4 Å². The third-order valence-electron chi connectivity index (χ3n) is 6.39. The normalized spacial score (nSPS) is 19.6. The summed E-state index contributed by atoms with van der Waals surface area (Å²) in [4.78, 5) is 15.0.